The van der Waals surface area contributed by atoms with Crippen molar-refractivity contribution in [2.75, 3.05) is 0 Å². The van der Waals surface area contributed by atoms with Gasteiger partial charge in [-0.2, -0.15) is 0 Å². The zero-order chi connectivity index (χ0) is 32.1. The molecule has 0 aliphatic carbocycles. The topological polar surface area (TPSA) is 43.9 Å². The highest BCUT2D eigenvalue weighted by Gasteiger charge is 2.22. The van der Waals surface area contributed by atoms with Gasteiger partial charge < -0.3 is 4.42 Å². The Morgan fingerprint density at radius 2 is 1.27 bits per heavy atom. The molecule has 0 fully saturated rings. The number of para-hydroxylation sites is 2. The minimum atomic E-state index is 0.632. The van der Waals surface area contributed by atoms with Crippen molar-refractivity contribution in [2.45, 2.75) is 0 Å². The summed E-state index contributed by atoms with van der Waals surface area (Å²) >= 11 is 1.86. The molecule has 0 radical (unpaired) electrons. The van der Waals surface area contributed by atoms with Gasteiger partial charge >= 0.3 is 0 Å². The maximum Gasteiger partial charge on any atom is 0.235 e. The van der Waals surface area contributed by atoms with Crippen molar-refractivity contribution in [1.82, 2.24) is 14.5 Å². The SMILES string of the molecule is c1ccc(-c2nc(-n3c4ccc(-c5cccc6c5sc5ccccc56)cc4c4c5oc6ccccc6c5ccc43)nc3ccccc23)cc1. The van der Waals surface area contributed by atoms with Crippen LogP contribution in [0.15, 0.2) is 156 Å². The third-order valence-corrected chi connectivity index (χ3v) is 11.0. The molecule has 4 nitrogen and oxygen atoms in total. The molecule has 0 amide bonds. The van der Waals surface area contributed by atoms with E-state index in [9.17, 15) is 0 Å². The summed E-state index contributed by atoms with van der Waals surface area (Å²) in [5.74, 6) is 0.632. The van der Waals surface area contributed by atoms with Crippen molar-refractivity contribution < 1.29 is 4.42 Å². The van der Waals surface area contributed by atoms with E-state index in [0.29, 0.717) is 5.95 Å². The molecule has 0 N–H and O–H groups in total. The van der Waals surface area contributed by atoms with Gasteiger partial charge in [-0.15, -0.1) is 11.3 Å². The highest BCUT2D eigenvalue weighted by molar-refractivity contribution is 7.26. The van der Waals surface area contributed by atoms with Crippen molar-refractivity contribution >= 4 is 86.2 Å². The van der Waals surface area contributed by atoms with Crippen LogP contribution in [0.2, 0.25) is 0 Å². The predicted octanol–water partition coefficient (Wildman–Crippen LogP) is 12.3. The lowest BCUT2D eigenvalue weighted by Crippen LogP contribution is -2.03. The molecule has 0 aliphatic rings. The van der Waals surface area contributed by atoms with E-state index in [1.807, 2.05) is 35.6 Å². The molecule has 11 aromatic rings. The fourth-order valence-electron chi connectivity index (χ4n) is 7.62. The van der Waals surface area contributed by atoms with E-state index in [4.69, 9.17) is 14.4 Å². The zero-order valence-corrected chi connectivity index (χ0v) is 26.9. The number of rotatable bonds is 3. The van der Waals surface area contributed by atoms with Crippen LogP contribution in [0.3, 0.4) is 0 Å². The molecule has 5 heteroatoms. The smallest absolute Gasteiger partial charge is 0.235 e. The fourth-order valence-corrected chi connectivity index (χ4v) is 8.86. The summed E-state index contributed by atoms with van der Waals surface area (Å²) in [6.45, 7) is 0. The Hall–Kier alpha value is -6.30. The van der Waals surface area contributed by atoms with Crippen LogP contribution in [0, 0.1) is 0 Å². The molecule has 0 spiro atoms. The van der Waals surface area contributed by atoms with Gasteiger partial charge in [-0.1, -0.05) is 109 Å². The van der Waals surface area contributed by atoms with Gasteiger partial charge in [0.1, 0.15) is 11.2 Å². The van der Waals surface area contributed by atoms with Crippen LogP contribution >= 0.6 is 11.3 Å². The zero-order valence-electron chi connectivity index (χ0n) is 26.1. The van der Waals surface area contributed by atoms with Gasteiger partial charge in [-0.05, 0) is 53.6 Å². The number of thiophene rings is 1. The van der Waals surface area contributed by atoms with E-state index in [2.05, 4.69) is 132 Å². The number of fused-ring (bicyclic) bond motifs is 11. The first kappa shape index (κ1) is 26.7. The minimum Gasteiger partial charge on any atom is -0.455 e. The quantitative estimate of drug-likeness (QED) is 0.192. The number of nitrogens with zero attached hydrogens (tertiary/aromatic N) is 3. The van der Waals surface area contributed by atoms with E-state index < -0.39 is 0 Å². The van der Waals surface area contributed by atoms with Gasteiger partial charge in [0.15, 0.2) is 0 Å². The van der Waals surface area contributed by atoms with E-state index in [0.717, 1.165) is 65.9 Å². The summed E-state index contributed by atoms with van der Waals surface area (Å²) in [7, 11) is 0. The summed E-state index contributed by atoms with van der Waals surface area (Å²) in [6.07, 6.45) is 0. The molecule has 228 valence electrons. The van der Waals surface area contributed by atoms with Crippen LogP contribution in [0.5, 0.6) is 0 Å². The Labute approximate surface area is 284 Å². The summed E-state index contributed by atoms with van der Waals surface area (Å²) in [6, 6.07) is 53.5. The molecule has 0 bridgehead atoms. The highest BCUT2D eigenvalue weighted by Crippen LogP contribution is 2.44. The van der Waals surface area contributed by atoms with Gasteiger partial charge in [0, 0.05) is 47.3 Å². The number of aromatic nitrogens is 3. The van der Waals surface area contributed by atoms with E-state index >= 15 is 0 Å². The van der Waals surface area contributed by atoms with Crippen LogP contribution in [-0.2, 0) is 0 Å². The highest BCUT2D eigenvalue weighted by atomic mass is 32.1. The minimum absolute atomic E-state index is 0.632. The van der Waals surface area contributed by atoms with Gasteiger partial charge in [0.05, 0.1) is 27.6 Å². The first-order valence-corrected chi connectivity index (χ1v) is 17.2. The first-order valence-electron chi connectivity index (χ1n) is 16.4. The standard InChI is InChI=1S/C44H25N3OS/c1-2-11-26(12-3-1)41-33-15-4-7-18-35(33)45-44(46-41)47-36-23-21-27(28-16-10-17-32-30-14-6-9-20-39(30)49-43(28)32)25-34(36)40-37(47)24-22-31-29-13-5-8-19-38(29)48-42(31)40/h1-25H. The summed E-state index contributed by atoms with van der Waals surface area (Å²) in [5.41, 5.74) is 9.06. The second kappa shape index (κ2) is 10.1. The van der Waals surface area contributed by atoms with Crippen molar-refractivity contribution in [3.05, 3.63) is 152 Å². The maximum absolute atomic E-state index is 6.69. The second-order valence-electron chi connectivity index (χ2n) is 12.5. The maximum atomic E-state index is 6.69. The molecule has 0 aliphatic heterocycles. The Morgan fingerprint density at radius 3 is 2.18 bits per heavy atom. The number of benzene rings is 7. The molecule has 11 rings (SSSR count). The number of hydrogen-bond acceptors (Lipinski definition) is 4. The lowest BCUT2D eigenvalue weighted by Gasteiger charge is -2.12. The largest absolute Gasteiger partial charge is 0.455 e. The molecule has 0 atom stereocenters. The van der Waals surface area contributed by atoms with Gasteiger partial charge in [0.25, 0.3) is 0 Å². The first-order chi connectivity index (χ1) is 24.3. The Morgan fingerprint density at radius 1 is 0.510 bits per heavy atom. The van der Waals surface area contributed by atoms with Crippen molar-refractivity contribution in [1.29, 1.82) is 0 Å². The van der Waals surface area contributed by atoms with Crippen LogP contribution in [-0.4, -0.2) is 14.5 Å². The predicted molar refractivity (Wildman–Crippen MR) is 205 cm³/mol. The van der Waals surface area contributed by atoms with Crippen LogP contribution < -0.4 is 0 Å². The number of hydrogen-bond donors (Lipinski definition) is 0. The van der Waals surface area contributed by atoms with E-state index in [1.54, 1.807) is 0 Å². The van der Waals surface area contributed by atoms with Gasteiger partial charge in [-0.25, -0.2) is 9.97 Å². The second-order valence-corrected chi connectivity index (χ2v) is 13.6. The van der Waals surface area contributed by atoms with Gasteiger partial charge in [-0.3, -0.25) is 4.57 Å². The molecule has 7 aromatic carbocycles. The third-order valence-electron chi connectivity index (χ3n) is 9.83. The van der Waals surface area contributed by atoms with Crippen LogP contribution in [0.4, 0.5) is 0 Å². The molecule has 0 saturated carbocycles. The fraction of sp³-hybridized carbons (Fsp3) is 0. The van der Waals surface area contributed by atoms with Gasteiger partial charge in [0.2, 0.25) is 5.95 Å². The van der Waals surface area contributed by atoms with Crippen LogP contribution in [0.1, 0.15) is 0 Å². The number of furan rings is 1. The average molecular weight is 644 g/mol. The molecular formula is C44H25N3OS. The summed E-state index contributed by atoms with van der Waals surface area (Å²) < 4.78 is 11.5. The van der Waals surface area contributed by atoms with Crippen molar-refractivity contribution in [2.24, 2.45) is 0 Å². The van der Waals surface area contributed by atoms with E-state index in [-0.39, 0.29) is 0 Å². The molecule has 0 unspecified atom stereocenters. The molecule has 0 saturated heterocycles. The Bertz CT molecular complexity index is 3110. The Balaban J connectivity index is 1.26. The van der Waals surface area contributed by atoms with E-state index in [1.165, 1.54) is 31.3 Å². The molecule has 49 heavy (non-hydrogen) atoms. The van der Waals surface area contributed by atoms with Crippen molar-refractivity contribution in [3.63, 3.8) is 0 Å². The monoisotopic (exact) mass is 643 g/mol. The molecule has 4 heterocycles. The Kier molecular flexibility index (Phi) is 5.51. The summed E-state index contributed by atoms with van der Waals surface area (Å²) in [4.78, 5) is 10.5. The van der Waals surface area contributed by atoms with Crippen LogP contribution in [0.25, 0.3) is 103 Å². The average Bonchev–Trinajstić information content (AvgIpc) is 3.84. The molecular weight excluding hydrogens is 619 g/mol. The lowest BCUT2D eigenvalue weighted by molar-refractivity contribution is 0.673. The third kappa shape index (κ3) is 3.85. The normalized spacial score (nSPS) is 12.1. The summed E-state index contributed by atoms with van der Waals surface area (Å²) in [5, 5.41) is 7.99. The molecule has 4 aromatic heterocycles. The lowest BCUT2D eigenvalue weighted by atomic mass is 10.00. The van der Waals surface area contributed by atoms with Crippen molar-refractivity contribution in [3.8, 4) is 28.3 Å².